The minimum absolute atomic E-state index is 0.0549. The summed E-state index contributed by atoms with van der Waals surface area (Å²) in [6.45, 7) is 1.03. The highest BCUT2D eigenvalue weighted by atomic mass is 16.7. The molecule has 1 saturated heterocycles. The van der Waals surface area contributed by atoms with E-state index in [0.29, 0.717) is 36.3 Å². The quantitative estimate of drug-likeness (QED) is 0.618. The van der Waals surface area contributed by atoms with Gasteiger partial charge >= 0.3 is 0 Å². The highest BCUT2D eigenvalue weighted by Crippen LogP contribution is 2.36. The Morgan fingerprint density at radius 1 is 1.23 bits per heavy atom. The van der Waals surface area contributed by atoms with Crippen LogP contribution >= 0.6 is 0 Å². The van der Waals surface area contributed by atoms with Gasteiger partial charge in [0.05, 0.1) is 33.1 Å². The van der Waals surface area contributed by atoms with Gasteiger partial charge in [-0.2, -0.15) is 0 Å². The lowest BCUT2D eigenvalue weighted by molar-refractivity contribution is -0.174. The Kier molecular flexibility index (Phi) is 6.21. The lowest BCUT2D eigenvalue weighted by Crippen LogP contribution is -2.31. The number of benzene rings is 1. The van der Waals surface area contributed by atoms with Crippen LogP contribution in [-0.4, -0.2) is 45.2 Å². The lowest BCUT2D eigenvalue weighted by atomic mass is 10.1. The van der Waals surface area contributed by atoms with E-state index < -0.39 is 5.79 Å². The van der Waals surface area contributed by atoms with Crippen molar-refractivity contribution in [2.75, 3.05) is 32.7 Å². The molecular weight excluding hydrogens is 334 g/mol. The van der Waals surface area contributed by atoms with Crippen molar-refractivity contribution in [3.63, 3.8) is 0 Å². The van der Waals surface area contributed by atoms with Crippen molar-refractivity contribution in [3.8, 4) is 11.5 Å². The Bertz CT molecular complexity index is 627. The molecule has 144 valence electrons. The van der Waals surface area contributed by atoms with Gasteiger partial charge < -0.3 is 30.0 Å². The number of nitrogens with zero attached hydrogens (tertiary/aromatic N) is 1. The van der Waals surface area contributed by atoms with E-state index >= 15 is 0 Å². The number of rotatable bonds is 5. The Balaban J connectivity index is 1.57. The SMILES string of the molecule is COc1ccc(OC)c(NC(N)=NCC2COC3(CCCCCC3)O2)c1. The molecule has 7 nitrogen and oxygen atoms in total. The molecule has 3 N–H and O–H groups in total. The predicted octanol–water partition coefficient (Wildman–Crippen LogP) is 2.90. The topological polar surface area (TPSA) is 87.3 Å². The van der Waals surface area contributed by atoms with Crippen molar-refractivity contribution < 1.29 is 18.9 Å². The number of hydrogen-bond acceptors (Lipinski definition) is 5. The van der Waals surface area contributed by atoms with Gasteiger partial charge in [-0.05, 0) is 25.0 Å². The van der Waals surface area contributed by atoms with Crippen LogP contribution in [0.4, 0.5) is 5.69 Å². The molecular formula is C19H29N3O4. The monoisotopic (exact) mass is 363 g/mol. The molecule has 0 amide bonds. The summed E-state index contributed by atoms with van der Waals surface area (Å²) in [7, 11) is 3.22. The largest absolute Gasteiger partial charge is 0.497 e. The first-order chi connectivity index (χ1) is 12.6. The third-order valence-corrected chi connectivity index (χ3v) is 4.91. The molecule has 2 fully saturated rings. The van der Waals surface area contributed by atoms with Gasteiger partial charge in [0.15, 0.2) is 11.7 Å². The second-order valence-electron chi connectivity index (χ2n) is 6.79. The molecule has 1 aliphatic carbocycles. The predicted molar refractivity (Wildman–Crippen MR) is 101 cm³/mol. The van der Waals surface area contributed by atoms with Crippen molar-refractivity contribution >= 4 is 11.6 Å². The van der Waals surface area contributed by atoms with Gasteiger partial charge in [0.25, 0.3) is 0 Å². The second kappa shape index (κ2) is 8.60. The van der Waals surface area contributed by atoms with Crippen molar-refractivity contribution in [2.45, 2.75) is 50.4 Å². The highest BCUT2D eigenvalue weighted by Gasteiger charge is 2.41. The minimum atomic E-state index is -0.394. The maximum absolute atomic E-state index is 6.19. The van der Waals surface area contributed by atoms with Crippen LogP contribution in [-0.2, 0) is 9.47 Å². The van der Waals surface area contributed by atoms with E-state index in [-0.39, 0.29) is 6.10 Å². The van der Waals surface area contributed by atoms with Gasteiger partial charge in [0.2, 0.25) is 0 Å². The fraction of sp³-hybridized carbons (Fsp3) is 0.632. The fourth-order valence-corrected chi connectivity index (χ4v) is 3.53. The number of aliphatic imine (C=N–C) groups is 1. The molecule has 7 heteroatoms. The van der Waals surface area contributed by atoms with Crippen molar-refractivity contribution in [1.29, 1.82) is 0 Å². The molecule has 0 bridgehead atoms. The van der Waals surface area contributed by atoms with E-state index in [0.717, 1.165) is 25.7 Å². The Labute approximate surface area is 154 Å². The molecule has 3 rings (SSSR count). The summed E-state index contributed by atoms with van der Waals surface area (Å²) in [5.41, 5.74) is 6.75. The summed E-state index contributed by atoms with van der Waals surface area (Å²) in [6, 6.07) is 5.46. The summed E-state index contributed by atoms with van der Waals surface area (Å²) < 4.78 is 22.8. The molecule has 1 unspecified atom stereocenters. The first kappa shape index (κ1) is 18.8. The molecule has 26 heavy (non-hydrogen) atoms. The van der Waals surface area contributed by atoms with Crippen LogP contribution in [0.2, 0.25) is 0 Å². The fourth-order valence-electron chi connectivity index (χ4n) is 3.53. The summed E-state index contributed by atoms with van der Waals surface area (Å²) in [5, 5.41) is 3.07. The van der Waals surface area contributed by atoms with Gasteiger partial charge in [0, 0.05) is 18.9 Å². The maximum atomic E-state index is 6.19. The molecule has 1 atom stereocenters. The van der Waals surface area contributed by atoms with Crippen molar-refractivity contribution in [3.05, 3.63) is 18.2 Å². The Morgan fingerprint density at radius 2 is 2.00 bits per heavy atom. The van der Waals surface area contributed by atoms with E-state index in [1.807, 2.05) is 18.2 Å². The average Bonchev–Trinajstić information content (AvgIpc) is 2.91. The van der Waals surface area contributed by atoms with Crippen LogP contribution in [0.25, 0.3) is 0 Å². The smallest absolute Gasteiger partial charge is 0.193 e. The zero-order valence-corrected chi connectivity index (χ0v) is 15.6. The second-order valence-corrected chi connectivity index (χ2v) is 6.79. The normalized spacial score (nSPS) is 22.8. The Hall–Kier alpha value is -1.99. The van der Waals surface area contributed by atoms with Crippen LogP contribution in [0.1, 0.15) is 38.5 Å². The van der Waals surface area contributed by atoms with Crippen molar-refractivity contribution in [2.24, 2.45) is 10.7 Å². The molecule has 0 radical (unpaired) electrons. The lowest BCUT2D eigenvalue weighted by Gasteiger charge is -2.26. The summed E-state index contributed by atoms with van der Waals surface area (Å²) in [4.78, 5) is 4.42. The standard InChI is InChI=1S/C19H29N3O4/c1-23-14-7-8-17(24-2)16(11-14)22-18(20)21-12-15-13-25-19(26-15)9-5-3-4-6-10-19/h7-8,11,15H,3-6,9-10,12-13H2,1-2H3,(H3,20,21,22). The summed E-state index contributed by atoms with van der Waals surface area (Å²) in [5.74, 6) is 1.29. The van der Waals surface area contributed by atoms with Gasteiger partial charge in [-0.3, -0.25) is 4.99 Å². The van der Waals surface area contributed by atoms with E-state index in [1.165, 1.54) is 12.8 Å². The van der Waals surface area contributed by atoms with Crippen molar-refractivity contribution in [1.82, 2.24) is 0 Å². The number of anilines is 1. The first-order valence-electron chi connectivity index (χ1n) is 9.25. The third-order valence-electron chi connectivity index (χ3n) is 4.91. The van der Waals surface area contributed by atoms with E-state index in [2.05, 4.69) is 10.3 Å². The summed E-state index contributed by atoms with van der Waals surface area (Å²) >= 11 is 0. The first-order valence-corrected chi connectivity index (χ1v) is 9.25. The van der Waals surface area contributed by atoms with E-state index in [1.54, 1.807) is 14.2 Å². The van der Waals surface area contributed by atoms with Gasteiger partial charge in [-0.15, -0.1) is 0 Å². The number of methoxy groups -OCH3 is 2. The van der Waals surface area contributed by atoms with Gasteiger partial charge in [0.1, 0.15) is 17.6 Å². The van der Waals surface area contributed by atoms with E-state index in [9.17, 15) is 0 Å². The number of guanidine groups is 1. The number of hydrogen-bond donors (Lipinski definition) is 2. The van der Waals surface area contributed by atoms with Crippen LogP contribution in [0.3, 0.4) is 0 Å². The Morgan fingerprint density at radius 3 is 2.69 bits per heavy atom. The average molecular weight is 363 g/mol. The molecule has 2 aliphatic rings. The molecule has 1 aliphatic heterocycles. The van der Waals surface area contributed by atoms with Gasteiger partial charge in [-0.25, -0.2) is 0 Å². The summed E-state index contributed by atoms with van der Waals surface area (Å²) in [6.07, 6.45) is 6.74. The number of ether oxygens (including phenoxy) is 4. The van der Waals surface area contributed by atoms with Crippen LogP contribution in [0.15, 0.2) is 23.2 Å². The number of nitrogens with two attached hydrogens (primary N) is 1. The van der Waals surface area contributed by atoms with E-state index in [4.69, 9.17) is 24.7 Å². The van der Waals surface area contributed by atoms with Crippen LogP contribution < -0.4 is 20.5 Å². The zero-order valence-electron chi connectivity index (χ0n) is 15.6. The molecule has 1 heterocycles. The molecule has 1 aromatic carbocycles. The van der Waals surface area contributed by atoms with Crippen LogP contribution in [0, 0.1) is 0 Å². The van der Waals surface area contributed by atoms with Crippen LogP contribution in [0.5, 0.6) is 11.5 Å². The molecule has 1 aromatic rings. The maximum Gasteiger partial charge on any atom is 0.193 e. The highest BCUT2D eigenvalue weighted by molar-refractivity contribution is 5.94. The third kappa shape index (κ3) is 4.59. The number of nitrogens with one attached hydrogen (secondary N) is 1. The minimum Gasteiger partial charge on any atom is -0.497 e. The van der Waals surface area contributed by atoms with Gasteiger partial charge in [-0.1, -0.05) is 12.8 Å². The molecule has 0 aromatic heterocycles. The molecule has 1 saturated carbocycles. The molecule has 1 spiro atoms. The zero-order chi connectivity index (χ0) is 18.4.